The van der Waals surface area contributed by atoms with Crippen molar-refractivity contribution in [3.05, 3.63) is 77.4 Å². The van der Waals surface area contributed by atoms with Gasteiger partial charge < -0.3 is 29.9 Å². The first-order valence-corrected chi connectivity index (χ1v) is 12.5. The van der Waals surface area contributed by atoms with Gasteiger partial charge in [-0.05, 0) is 31.1 Å². The van der Waals surface area contributed by atoms with E-state index in [9.17, 15) is 19.8 Å². The molecule has 0 spiro atoms. The Labute approximate surface area is 211 Å². The lowest BCUT2D eigenvalue weighted by molar-refractivity contribution is -0.136. The predicted molar refractivity (Wildman–Crippen MR) is 135 cm³/mol. The van der Waals surface area contributed by atoms with Crippen molar-refractivity contribution < 1.29 is 29.3 Å². The minimum absolute atomic E-state index is 0.105. The van der Waals surface area contributed by atoms with Crippen molar-refractivity contribution in [1.29, 1.82) is 0 Å². The van der Waals surface area contributed by atoms with Gasteiger partial charge in [-0.15, -0.1) is 0 Å². The van der Waals surface area contributed by atoms with Crippen LogP contribution >= 0.6 is 0 Å². The quantitative estimate of drug-likeness (QED) is 0.411. The van der Waals surface area contributed by atoms with Crippen LogP contribution in [-0.4, -0.2) is 78.1 Å². The van der Waals surface area contributed by atoms with Gasteiger partial charge in [-0.1, -0.05) is 48.5 Å². The second-order valence-corrected chi connectivity index (χ2v) is 8.98. The number of rotatable bonds is 11. The summed E-state index contributed by atoms with van der Waals surface area (Å²) in [6, 6.07) is 16.1. The van der Waals surface area contributed by atoms with Gasteiger partial charge in [0.25, 0.3) is 0 Å². The SMILES string of the molecule is CCOCCCN(C(=O)Cc1ccccc1)C1C=C(C(=O)NCCO)C2c3ccccc3OC2C1O. The van der Waals surface area contributed by atoms with Crippen LogP contribution in [0.1, 0.15) is 30.4 Å². The molecule has 0 bridgehead atoms. The number of nitrogens with zero attached hydrogens (tertiary/aromatic N) is 1. The number of hydrogen-bond donors (Lipinski definition) is 3. The average molecular weight is 495 g/mol. The van der Waals surface area contributed by atoms with Crippen LogP contribution in [0.15, 0.2) is 66.2 Å². The van der Waals surface area contributed by atoms with E-state index in [0.717, 1.165) is 11.1 Å². The van der Waals surface area contributed by atoms with Crippen LogP contribution in [0.5, 0.6) is 5.75 Å². The Kier molecular flexibility index (Phi) is 8.74. The Hall–Kier alpha value is -3.20. The monoisotopic (exact) mass is 494 g/mol. The minimum atomic E-state index is -1.04. The molecule has 1 heterocycles. The van der Waals surface area contributed by atoms with Crippen molar-refractivity contribution in [2.75, 3.05) is 32.9 Å². The largest absolute Gasteiger partial charge is 0.486 e. The molecule has 0 radical (unpaired) electrons. The van der Waals surface area contributed by atoms with E-state index in [0.29, 0.717) is 37.5 Å². The summed E-state index contributed by atoms with van der Waals surface area (Å²) in [7, 11) is 0. The Bertz CT molecular complexity index is 1070. The third-order valence-electron chi connectivity index (χ3n) is 6.65. The maximum atomic E-state index is 13.6. The molecule has 0 fully saturated rings. The molecule has 192 valence electrons. The molecule has 8 nitrogen and oxygen atoms in total. The molecule has 4 unspecified atom stereocenters. The number of para-hydroxylation sites is 1. The van der Waals surface area contributed by atoms with Gasteiger partial charge in [0.1, 0.15) is 18.0 Å². The number of aliphatic hydroxyl groups excluding tert-OH is 2. The van der Waals surface area contributed by atoms with E-state index in [-0.39, 0.29) is 31.4 Å². The summed E-state index contributed by atoms with van der Waals surface area (Å²) in [5.41, 5.74) is 2.12. The van der Waals surface area contributed by atoms with Crippen molar-refractivity contribution >= 4 is 11.8 Å². The summed E-state index contributed by atoms with van der Waals surface area (Å²) in [5, 5.41) is 23.5. The minimum Gasteiger partial charge on any atom is -0.486 e. The molecule has 2 amide bonds. The van der Waals surface area contributed by atoms with Crippen LogP contribution in [0.25, 0.3) is 0 Å². The molecule has 36 heavy (non-hydrogen) atoms. The molecule has 4 rings (SSSR count). The van der Waals surface area contributed by atoms with E-state index in [1.165, 1.54) is 0 Å². The van der Waals surface area contributed by atoms with Crippen LogP contribution < -0.4 is 10.1 Å². The Morgan fingerprint density at radius 3 is 2.61 bits per heavy atom. The van der Waals surface area contributed by atoms with Gasteiger partial charge >= 0.3 is 0 Å². The molecular weight excluding hydrogens is 460 g/mol. The fourth-order valence-corrected chi connectivity index (χ4v) is 4.98. The van der Waals surface area contributed by atoms with E-state index < -0.39 is 24.2 Å². The molecule has 1 aliphatic carbocycles. The number of amides is 2. The van der Waals surface area contributed by atoms with Gasteiger partial charge in [0, 0.05) is 37.4 Å². The van der Waals surface area contributed by atoms with Gasteiger partial charge in [-0.25, -0.2) is 0 Å². The molecule has 3 N–H and O–H groups in total. The number of ether oxygens (including phenoxy) is 2. The number of aliphatic hydroxyl groups is 2. The number of carbonyl (C=O) groups excluding carboxylic acids is 2. The highest BCUT2D eigenvalue weighted by Gasteiger charge is 2.50. The maximum absolute atomic E-state index is 13.6. The lowest BCUT2D eigenvalue weighted by Gasteiger charge is -2.41. The fourth-order valence-electron chi connectivity index (χ4n) is 4.98. The van der Waals surface area contributed by atoms with Gasteiger partial charge in [0.15, 0.2) is 0 Å². The van der Waals surface area contributed by atoms with Gasteiger partial charge in [0.2, 0.25) is 11.8 Å². The molecule has 2 aromatic carbocycles. The molecule has 2 aromatic rings. The number of carbonyl (C=O) groups is 2. The average Bonchev–Trinajstić information content (AvgIpc) is 3.29. The van der Waals surface area contributed by atoms with Crippen LogP contribution in [0.3, 0.4) is 0 Å². The Balaban J connectivity index is 1.68. The first kappa shape index (κ1) is 25.9. The summed E-state index contributed by atoms with van der Waals surface area (Å²) in [4.78, 5) is 28.4. The molecule has 0 saturated carbocycles. The fraction of sp³-hybridized carbons (Fsp3) is 0.429. The van der Waals surface area contributed by atoms with E-state index in [1.54, 1.807) is 11.0 Å². The summed E-state index contributed by atoms with van der Waals surface area (Å²) in [5.74, 6) is -0.352. The summed E-state index contributed by atoms with van der Waals surface area (Å²) in [6.07, 6.45) is 0.711. The van der Waals surface area contributed by atoms with Crippen LogP contribution in [-0.2, 0) is 20.7 Å². The first-order valence-electron chi connectivity index (χ1n) is 12.5. The smallest absolute Gasteiger partial charge is 0.247 e. The van der Waals surface area contributed by atoms with E-state index in [2.05, 4.69) is 5.32 Å². The number of fused-ring (bicyclic) bond motifs is 3. The third kappa shape index (κ3) is 5.61. The van der Waals surface area contributed by atoms with Gasteiger partial charge in [-0.2, -0.15) is 0 Å². The molecular formula is C28H34N2O6. The standard InChI is InChI=1S/C28H34N2O6/c1-2-35-16-8-14-30(24(32)17-19-9-4-3-5-10-19)22-18-21(28(34)29-13-15-31)25-20-11-6-7-12-23(20)36-27(25)26(22)33/h3-7,9-12,18,22,25-27,31,33H,2,8,13-17H2,1H3,(H,29,34). The van der Waals surface area contributed by atoms with Crippen LogP contribution in [0, 0.1) is 0 Å². The zero-order chi connectivity index (χ0) is 25.5. The van der Waals surface area contributed by atoms with Crippen molar-refractivity contribution in [3.63, 3.8) is 0 Å². The normalized spacial score (nSPS) is 22.1. The lowest BCUT2D eigenvalue weighted by Crippen LogP contribution is -2.56. The van der Waals surface area contributed by atoms with Gasteiger partial charge in [-0.3, -0.25) is 9.59 Å². The number of benzene rings is 2. The third-order valence-corrected chi connectivity index (χ3v) is 6.65. The van der Waals surface area contributed by atoms with E-state index in [1.807, 2.05) is 61.5 Å². The van der Waals surface area contributed by atoms with Crippen molar-refractivity contribution in [1.82, 2.24) is 10.2 Å². The summed E-state index contributed by atoms with van der Waals surface area (Å²) < 4.78 is 11.6. The predicted octanol–water partition coefficient (Wildman–Crippen LogP) is 1.81. The van der Waals surface area contributed by atoms with Crippen molar-refractivity contribution in [2.24, 2.45) is 0 Å². The Morgan fingerprint density at radius 1 is 1.11 bits per heavy atom. The zero-order valence-electron chi connectivity index (χ0n) is 20.5. The second kappa shape index (κ2) is 12.2. The van der Waals surface area contributed by atoms with Gasteiger partial charge in [0.05, 0.1) is 25.0 Å². The lowest BCUT2D eigenvalue weighted by atomic mass is 9.77. The van der Waals surface area contributed by atoms with Crippen molar-refractivity contribution in [3.8, 4) is 5.75 Å². The number of hydrogen-bond acceptors (Lipinski definition) is 6. The molecule has 4 atom stereocenters. The molecule has 1 aliphatic heterocycles. The second-order valence-electron chi connectivity index (χ2n) is 8.98. The summed E-state index contributed by atoms with van der Waals surface area (Å²) >= 11 is 0. The molecule has 0 aromatic heterocycles. The first-order chi connectivity index (χ1) is 17.5. The summed E-state index contributed by atoms with van der Waals surface area (Å²) in [6.45, 7) is 3.25. The van der Waals surface area contributed by atoms with Crippen molar-refractivity contribution in [2.45, 2.75) is 43.9 Å². The van der Waals surface area contributed by atoms with E-state index >= 15 is 0 Å². The van der Waals surface area contributed by atoms with E-state index in [4.69, 9.17) is 9.47 Å². The highest BCUT2D eigenvalue weighted by Crippen LogP contribution is 2.47. The molecule has 0 saturated heterocycles. The maximum Gasteiger partial charge on any atom is 0.247 e. The highest BCUT2D eigenvalue weighted by atomic mass is 16.5. The van der Waals surface area contributed by atoms with Crippen LogP contribution in [0.2, 0.25) is 0 Å². The highest BCUT2D eigenvalue weighted by molar-refractivity contribution is 5.96. The van der Waals surface area contributed by atoms with Crippen LogP contribution in [0.4, 0.5) is 0 Å². The number of nitrogens with one attached hydrogen (secondary N) is 1. The zero-order valence-corrected chi connectivity index (χ0v) is 20.5. The molecule has 8 heteroatoms. The Morgan fingerprint density at radius 2 is 1.86 bits per heavy atom. The topological polar surface area (TPSA) is 108 Å². The molecule has 2 aliphatic rings.